The molecule has 26 heavy (non-hydrogen) atoms. The van der Waals surface area contributed by atoms with E-state index in [9.17, 15) is 13.2 Å². The van der Waals surface area contributed by atoms with Crippen molar-refractivity contribution in [3.8, 4) is 5.75 Å². The molecule has 0 aliphatic rings. The van der Waals surface area contributed by atoms with Crippen LogP contribution in [-0.2, 0) is 16.6 Å². The van der Waals surface area contributed by atoms with Crippen molar-refractivity contribution in [2.45, 2.75) is 25.3 Å². The number of sulfonamides is 1. The normalized spacial score (nSPS) is 11.7. The van der Waals surface area contributed by atoms with Gasteiger partial charge in [0.2, 0.25) is 10.0 Å². The van der Waals surface area contributed by atoms with Gasteiger partial charge < -0.3 is 9.72 Å². The highest BCUT2D eigenvalue weighted by molar-refractivity contribution is 7.89. The molecule has 3 rings (SSSR count). The first-order valence-electron chi connectivity index (χ1n) is 8.07. The van der Waals surface area contributed by atoms with E-state index in [1.54, 1.807) is 44.4 Å². The third-order valence-electron chi connectivity index (χ3n) is 4.20. The molecule has 0 saturated heterocycles. The number of nitrogens with one attached hydrogen (secondary N) is 2. The number of H-pyrrole nitrogens is 1. The Morgan fingerprint density at radius 3 is 2.54 bits per heavy atom. The van der Waals surface area contributed by atoms with Gasteiger partial charge in [-0.1, -0.05) is 17.7 Å². The molecule has 0 amide bonds. The van der Waals surface area contributed by atoms with E-state index in [0.717, 1.165) is 10.9 Å². The van der Waals surface area contributed by atoms with Crippen LogP contribution in [0.1, 0.15) is 16.7 Å². The average Bonchev–Trinajstić information content (AvgIpc) is 2.59. The number of aromatic nitrogens is 1. The van der Waals surface area contributed by atoms with Crippen LogP contribution in [0.5, 0.6) is 5.75 Å². The maximum absolute atomic E-state index is 12.6. The van der Waals surface area contributed by atoms with E-state index in [1.807, 2.05) is 19.1 Å². The van der Waals surface area contributed by atoms with Gasteiger partial charge in [-0.3, -0.25) is 4.79 Å². The minimum Gasteiger partial charge on any atom is -0.497 e. The highest BCUT2D eigenvalue weighted by Gasteiger charge is 2.17. The maximum atomic E-state index is 12.6. The molecular weight excluding hydrogens is 352 g/mol. The number of ether oxygens (including phenoxy) is 1. The van der Waals surface area contributed by atoms with Crippen LogP contribution in [0, 0.1) is 13.8 Å². The molecule has 7 heteroatoms. The zero-order valence-corrected chi connectivity index (χ0v) is 15.6. The molecule has 136 valence electrons. The van der Waals surface area contributed by atoms with Crippen molar-refractivity contribution in [2.24, 2.45) is 0 Å². The lowest BCUT2D eigenvalue weighted by atomic mass is 10.1. The summed E-state index contributed by atoms with van der Waals surface area (Å²) < 4.78 is 32.8. The van der Waals surface area contributed by atoms with Gasteiger partial charge in [0, 0.05) is 18.2 Å². The molecule has 0 aliphatic carbocycles. The van der Waals surface area contributed by atoms with Gasteiger partial charge >= 0.3 is 0 Å². The number of aromatic amines is 1. The summed E-state index contributed by atoms with van der Waals surface area (Å²) in [7, 11) is -2.16. The van der Waals surface area contributed by atoms with Gasteiger partial charge in [0.25, 0.3) is 5.56 Å². The van der Waals surface area contributed by atoms with Crippen molar-refractivity contribution in [1.82, 2.24) is 9.71 Å². The number of pyridine rings is 1. The first kappa shape index (κ1) is 18.2. The summed E-state index contributed by atoms with van der Waals surface area (Å²) in [4.78, 5) is 15.2. The molecule has 0 saturated carbocycles. The summed E-state index contributed by atoms with van der Waals surface area (Å²) in [5.41, 5.74) is 2.29. The molecule has 0 aliphatic heterocycles. The summed E-state index contributed by atoms with van der Waals surface area (Å²) in [5, 5.41) is 0.797. The Kier molecular flexibility index (Phi) is 4.84. The molecule has 0 spiro atoms. The molecule has 1 aromatic heterocycles. The first-order valence-corrected chi connectivity index (χ1v) is 9.55. The van der Waals surface area contributed by atoms with E-state index in [1.165, 1.54) is 0 Å². The number of aryl methyl sites for hydroxylation is 2. The lowest BCUT2D eigenvalue weighted by Gasteiger charge is -2.10. The van der Waals surface area contributed by atoms with E-state index in [0.29, 0.717) is 22.4 Å². The van der Waals surface area contributed by atoms with Crippen LogP contribution in [-0.4, -0.2) is 20.5 Å². The van der Waals surface area contributed by atoms with E-state index in [4.69, 9.17) is 4.74 Å². The van der Waals surface area contributed by atoms with E-state index in [-0.39, 0.29) is 17.0 Å². The predicted octanol–water partition coefficient (Wildman–Crippen LogP) is 2.63. The summed E-state index contributed by atoms with van der Waals surface area (Å²) in [6.07, 6.45) is 0. The minimum atomic E-state index is -3.71. The van der Waals surface area contributed by atoms with Crippen LogP contribution in [0.3, 0.4) is 0 Å². The van der Waals surface area contributed by atoms with Crippen LogP contribution in [0.25, 0.3) is 10.9 Å². The van der Waals surface area contributed by atoms with Gasteiger partial charge in [0.05, 0.1) is 17.5 Å². The lowest BCUT2D eigenvalue weighted by Crippen LogP contribution is -2.27. The highest BCUT2D eigenvalue weighted by Crippen LogP contribution is 2.19. The number of methoxy groups -OCH3 is 1. The van der Waals surface area contributed by atoms with Crippen LogP contribution in [0.15, 0.2) is 52.2 Å². The zero-order chi connectivity index (χ0) is 18.9. The molecule has 2 N–H and O–H groups in total. The van der Waals surface area contributed by atoms with Gasteiger partial charge in [-0.15, -0.1) is 0 Å². The summed E-state index contributed by atoms with van der Waals surface area (Å²) in [6.45, 7) is 3.56. The number of fused-ring (bicyclic) bond motifs is 1. The first-order chi connectivity index (χ1) is 12.3. The molecule has 0 bridgehead atoms. The number of hydrogen-bond donors (Lipinski definition) is 2. The van der Waals surface area contributed by atoms with Crippen LogP contribution < -0.4 is 15.0 Å². The number of benzene rings is 2. The largest absolute Gasteiger partial charge is 0.497 e. The zero-order valence-electron chi connectivity index (χ0n) is 14.8. The van der Waals surface area contributed by atoms with E-state index < -0.39 is 10.0 Å². The second-order valence-corrected chi connectivity index (χ2v) is 7.91. The monoisotopic (exact) mass is 372 g/mol. The quantitative estimate of drug-likeness (QED) is 0.721. The molecule has 0 unspecified atom stereocenters. The van der Waals surface area contributed by atoms with Gasteiger partial charge in [-0.25, -0.2) is 13.1 Å². The molecule has 3 aromatic rings. The molecule has 6 nitrogen and oxygen atoms in total. The van der Waals surface area contributed by atoms with Crippen LogP contribution in [0.2, 0.25) is 0 Å². The molecule has 0 atom stereocenters. The number of hydrogen-bond acceptors (Lipinski definition) is 4. The maximum Gasteiger partial charge on any atom is 0.252 e. The third-order valence-corrected chi connectivity index (χ3v) is 5.76. The Hall–Kier alpha value is -2.64. The fourth-order valence-electron chi connectivity index (χ4n) is 2.83. The fourth-order valence-corrected chi connectivity index (χ4v) is 4.07. The van der Waals surface area contributed by atoms with Gasteiger partial charge in [-0.2, -0.15) is 0 Å². The number of rotatable bonds is 5. The van der Waals surface area contributed by atoms with E-state index in [2.05, 4.69) is 9.71 Å². The van der Waals surface area contributed by atoms with Crippen molar-refractivity contribution in [2.75, 3.05) is 7.11 Å². The lowest BCUT2D eigenvalue weighted by molar-refractivity contribution is 0.415. The van der Waals surface area contributed by atoms with Crippen molar-refractivity contribution >= 4 is 20.9 Å². The molecular formula is C19H20N2O4S. The minimum absolute atomic E-state index is 0.0903. The smallest absolute Gasteiger partial charge is 0.252 e. The Morgan fingerprint density at radius 1 is 1.08 bits per heavy atom. The van der Waals surface area contributed by atoms with Crippen LogP contribution in [0.4, 0.5) is 0 Å². The van der Waals surface area contributed by atoms with Gasteiger partial charge in [-0.05, 0) is 49.1 Å². The second-order valence-electron chi connectivity index (χ2n) is 6.17. The SMILES string of the molecule is COc1ccc2cc(CNS(=O)(=O)c3ccc(C)cc3C)c(=O)[nH]c2c1. The summed E-state index contributed by atoms with van der Waals surface area (Å²) in [6, 6.07) is 12.1. The van der Waals surface area contributed by atoms with Crippen molar-refractivity contribution in [3.63, 3.8) is 0 Å². The Balaban J connectivity index is 1.89. The standard InChI is InChI=1S/C19H20N2O4S/c1-12-4-7-18(13(2)8-12)26(23,24)20-11-15-9-14-5-6-16(25-3)10-17(14)21-19(15)22/h4-10,20H,11H2,1-3H3,(H,21,22). The highest BCUT2D eigenvalue weighted by atomic mass is 32.2. The fraction of sp³-hybridized carbons (Fsp3) is 0.211. The van der Waals surface area contributed by atoms with Crippen molar-refractivity contribution in [1.29, 1.82) is 0 Å². The Bertz CT molecular complexity index is 1130. The van der Waals surface area contributed by atoms with Crippen molar-refractivity contribution < 1.29 is 13.2 Å². The topological polar surface area (TPSA) is 88.3 Å². The molecule has 2 aromatic carbocycles. The Labute approximate surface area is 151 Å². The van der Waals surface area contributed by atoms with E-state index >= 15 is 0 Å². The molecule has 0 fully saturated rings. The average molecular weight is 372 g/mol. The predicted molar refractivity (Wildman–Crippen MR) is 101 cm³/mol. The summed E-state index contributed by atoms with van der Waals surface area (Å²) in [5.74, 6) is 0.636. The van der Waals surface area contributed by atoms with Crippen LogP contribution >= 0.6 is 0 Å². The van der Waals surface area contributed by atoms with Crippen molar-refractivity contribution in [3.05, 3.63) is 69.5 Å². The molecule has 0 radical (unpaired) electrons. The Morgan fingerprint density at radius 2 is 1.85 bits per heavy atom. The molecule has 1 heterocycles. The van der Waals surface area contributed by atoms with Gasteiger partial charge in [0.1, 0.15) is 5.75 Å². The third kappa shape index (κ3) is 3.63. The summed E-state index contributed by atoms with van der Waals surface area (Å²) >= 11 is 0. The van der Waals surface area contributed by atoms with Gasteiger partial charge in [0.15, 0.2) is 0 Å². The second kappa shape index (κ2) is 6.93.